The van der Waals surface area contributed by atoms with Crippen molar-refractivity contribution in [2.24, 2.45) is 5.92 Å². The summed E-state index contributed by atoms with van der Waals surface area (Å²) in [4.78, 5) is 25.0. The number of fused-ring (bicyclic) bond motifs is 2. The quantitative estimate of drug-likeness (QED) is 0.432. The maximum atomic E-state index is 12.5. The number of hydrogen-bond acceptors (Lipinski definition) is 6. The Kier molecular flexibility index (Phi) is 11.1. The van der Waals surface area contributed by atoms with Crippen LogP contribution in [0.25, 0.3) is 0 Å². The Labute approximate surface area is 215 Å². The molecule has 6 unspecified atom stereocenters. The number of cyclic esters (lactones) is 1. The van der Waals surface area contributed by atoms with E-state index in [1.54, 1.807) is 24.3 Å². The topological polar surface area (TPSA) is 82.1 Å². The average molecular weight is 497 g/mol. The number of carbonyl (C=O) groups excluding carboxylic acids is 2. The van der Waals surface area contributed by atoms with Gasteiger partial charge in [0.25, 0.3) is 0 Å². The minimum atomic E-state index is -1.04. The predicted octanol–water partition coefficient (Wildman–Crippen LogP) is 5.10. The van der Waals surface area contributed by atoms with Crippen LogP contribution in [0.4, 0.5) is 0 Å². The second-order valence-corrected chi connectivity index (χ2v) is 10.2. The summed E-state index contributed by atoms with van der Waals surface area (Å²) >= 11 is 0. The number of aliphatic hydroxyl groups excluding tert-OH is 1. The third-order valence-electron chi connectivity index (χ3n) is 6.57. The van der Waals surface area contributed by atoms with Crippen LogP contribution in [0, 0.1) is 5.92 Å². The van der Waals surface area contributed by atoms with Crippen LogP contribution >= 0.6 is 0 Å². The molecule has 0 saturated heterocycles. The molecule has 3 aliphatic heterocycles. The summed E-state index contributed by atoms with van der Waals surface area (Å²) < 4.78 is 17.4. The van der Waals surface area contributed by atoms with Gasteiger partial charge in [-0.25, -0.2) is 4.79 Å². The molecule has 0 aromatic heterocycles. The highest BCUT2D eigenvalue weighted by molar-refractivity contribution is 5.91. The van der Waals surface area contributed by atoms with E-state index in [0.29, 0.717) is 18.9 Å². The van der Waals surface area contributed by atoms with E-state index in [-0.39, 0.29) is 36.9 Å². The summed E-state index contributed by atoms with van der Waals surface area (Å²) in [5.74, 6) is -0.244. The zero-order valence-electron chi connectivity index (χ0n) is 21.5. The Bertz CT molecular complexity index is 924. The number of esters is 1. The molecule has 6 nitrogen and oxygen atoms in total. The highest BCUT2D eigenvalue weighted by atomic mass is 16.6. The smallest absolute Gasteiger partial charge is 0.330 e. The number of ether oxygens (including phenoxy) is 3. The third-order valence-corrected chi connectivity index (χ3v) is 6.57. The molecule has 6 atom stereocenters. The van der Waals surface area contributed by atoms with Gasteiger partial charge in [0, 0.05) is 18.9 Å². The van der Waals surface area contributed by atoms with E-state index in [1.165, 1.54) is 17.7 Å². The van der Waals surface area contributed by atoms with Crippen LogP contribution in [0.3, 0.4) is 0 Å². The van der Waals surface area contributed by atoms with Crippen molar-refractivity contribution in [1.82, 2.24) is 0 Å². The first-order chi connectivity index (χ1) is 17.3. The monoisotopic (exact) mass is 496 g/mol. The van der Waals surface area contributed by atoms with Crippen LogP contribution in [0.5, 0.6) is 0 Å². The van der Waals surface area contributed by atoms with Crippen LogP contribution in [-0.2, 0) is 23.8 Å². The van der Waals surface area contributed by atoms with Crippen LogP contribution in [-0.4, -0.2) is 54.0 Å². The van der Waals surface area contributed by atoms with Crippen LogP contribution in [0.15, 0.2) is 72.4 Å². The van der Waals surface area contributed by atoms with Gasteiger partial charge in [0.1, 0.15) is 12.2 Å². The molecule has 2 bridgehead atoms. The summed E-state index contributed by atoms with van der Waals surface area (Å²) in [6.07, 6.45) is 18.2. The van der Waals surface area contributed by atoms with Gasteiger partial charge in [0.15, 0.2) is 5.78 Å². The van der Waals surface area contributed by atoms with Crippen molar-refractivity contribution in [3.05, 3.63) is 72.4 Å². The molecule has 3 aliphatic rings. The second kappa shape index (κ2) is 14.3. The second-order valence-electron chi connectivity index (χ2n) is 10.2. The highest BCUT2D eigenvalue weighted by Gasteiger charge is 2.23. The SMILES string of the molecule is C=C1CC(=O)C=CCC(C(O)C=CC2CC(C)=CCO2)OC(=O)C=CCC2C=CCC(CC(C)C1)O2. The Morgan fingerprint density at radius 1 is 1.11 bits per heavy atom. The molecule has 0 saturated carbocycles. The molecule has 36 heavy (non-hydrogen) atoms. The number of allylic oxidation sites excluding steroid dienone is 2. The van der Waals surface area contributed by atoms with E-state index in [0.717, 1.165) is 31.3 Å². The van der Waals surface area contributed by atoms with Gasteiger partial charge < -0.3 is 19.3 Å². The fourth-order valence-corrected chi connectivity index (χ4v) is 4.76. The molecule has 0 amide bonds. The van der Waals surface area contributed by atoms with Crippen molar-refractivity contribution in [3.63, 3.8) is 0 Å². The number of rotatable bonds is 3. The van der Waals surface area contributed by atoms with E-state index in [2.05, 4.69) is 19.6 Å². The van der Waals surface area contributed by atoms with Gasteiger partial charge in [-0.15, -0.1) is 0 Å². The lowest BCUT2D eigenvalue weighted by Crippen LogP contribution is -2.30. The number of carbonyl (C=O) groups is 2. The average Bonchev–Trinajstić information content (AvgIpc) is 2.81. The van der Waals surface area contributed by atoms with Crippen molar-refractivity contribution in [2.45, 2.75) is 89.3 Å². The van der Waals surface area contributed by atoms with Gasteiger partial charge in [-0.05, 0) is 51.0 Å². The Morgan fingerprint density at radius 3 is 2.72 bits per heavy atom. The van der Waals surface area contributed by atoms with E-state index in [1.807, 2.05) is 19.1 Å². The molecular formula is C30H40O6. The molecule has 3 rings (SSSR count). The first kappa shape index (κ1) is 28.0. The Balaban J connectivity index is 1.70. The first-order valence-corrected chi connectivity index (χ1v) is 13.0. The van der Waals surface area contributed by atoms with E-state index in [9.17, 15) is 14.7 Å². The van der Waals surface area contributed by atoms with E-state index in [4.69, 9.17) is 14.2 Å². The summed E-state index contributed by atoms with van der Waals surface area (Å²) in [5, 5.41) is 10.8. The molecular weight excluding hydrogens is 456 g/mol. The van der Waals surface area contributed by atoms with Crippen molar-refractivity contribution in [3.8, 4) is 0 Å². The van der Waals surface area contributed by atoms with Crippen molar-refractivity contribution in [2.75, 3.05) is 6.61 Å². The van der Waals surface area contributed by atoms with Crippen molar-refractivity contribution in [1.29, 1.82) is 0 Å². The Hall–Kier alpha value is -2.54. The van der Waals surface area contributed by atoms with Crippen LogP contribution in [0.2, 0.25) is 0 Å². The minimum absolute atomic E-state index is 0.0573. The lowest BCUT2D eigenvalue weighted by Gasteiger charge is -2.28. The molecule has 1 N–H and O–H groups in total. The zero-order chi connectivity index (χ0) is 25.9. The number of hydrogen-bond donors (Lipinski definition) is 1. The molecule has 196 valence electrons. The Morgan fingerprint density at radius 2 is 1.92 bits per heavy atom. The summed E-state index contributed by atoms with van der Waals surface area (Å²) in [5.41, 5.74) is 2.13. The lowest BCUT2D eigenvalue weighted by atomic mass is 9.92. The summed E-state index contributed by atoms with van der Waals surface area (Å²) in [6.45, 7) is 8.84. The molecule has 0 fully saturated rings. The van der Waals surface area contributed by atoms with Gasteiger partial charge in [-0.2, -0.15) is 0 Å². The normalized spacial score (nSPS) is 32.0. The standard InChI is InChI=1S/C30H40O6/c1-21-15-16-34-26(19-21)13-14-28(32)29-11-4-7-24(31)18-22(2)17-23(3)20-27-10-5-8-25(35-27)9-6-12-30(33)36-29/h4-8,12-15,23,25-29,32H,2,9-11,16-20H2,1,3H3. The van der Waals surface area contributed by atoms with Gasteiger partial charge in [-0.3, -0.25) is 4.79 Å². The van der Waals surface area contributed by atoms with Crippen molar-refractivity contribution >= 4 is 11.8 Å². The fraction of sp³-hybridized carbons (Fsp3) is 0.533. The van der Waals surface area contributed by atoms with Crippen LogP contribution in [0.1, 0.15) is 58.8 Å². The van der Waals surface area contributed by atoms with Gasteiger partial charge in [-0.1, -0.05) is 67.2 Å². The zero-order valence-corrected chi connectivity index (χ0v) is 21.5. The van der Waals surface area contributed by atoms with Gasteiger partial charge in [0.2, 0.25) is 0 Å². The summed E-state index contributed by atoms with van der Waals surface area (Å²) in [6, 6.07) is 0. The van der Waals surface area contributed by atoms with Crippen LogP contribution < -0.4 is 0 Å². The molecule has 6 heteroatoms. The maximum absolute atomic E-state index is 12.5. The van der Waals surface area contributed by atoms with Gasteiger partial charge >= 0.3 is 5.97 Å². The number of aliphatic hydroxyl groups is 1. The van der Waals surface area contributed by atoms with E-state index < -0.39 is 18.2 Å². The maximum Gasteiger partial charge on any atom is 0.330 e. The third kappa shape index (κ3) is 9.84. The number of ketones is 1. The minimum Gasteiger partial charge on any atom is -0.456 e. The predicted molar refractivity (Wildman–Crippen MR) is 140 cm³/mol. The molecule has 0 spiro atoms. The molecule has 0 radical (unpaired) electrons. The molecule has 3 heterocycles. The largest absolute Gasteiger partial charge is 0.456 e. The highest BCUT2D eigenvalue weighted by Crippen LogP contribution is 2.25. The summed E-state index contributed by atoms with van der Waals surface area (Å²) in [7, 11) is 0. The lowest BCUT2D eigenvalue weighted by molar-refractivity contribution is -0.147. The van der Waals surface area contributed by atoms with Crippen molar-refractivity contribution < 1.29 is 28.9 Å². The molecule has 0 aromatic carbocycles. The van der Waals surface area contributed by atoms with Gasteiger partial charge in [0.05, 0.1) is 24.9 Å². The molecule has 0 aliphatic carbocycles. The fourth-order valence-electron chi connectivity index (χ4n) is 4.76. The molecule has 0 aromatic rings. The van der Waals surface area contributed by atoms with E-state index >= 15 is 0 Å². The first-order valence-electron chi connectivity index (χ1n) is 13.0.